The van der Waals surface area contributed by atoms with Gasteiger partial charge in [0.1, 0.15) is 11.3 Å². The summed E-state index contributed by atoms with van der Waals surface area (Å²) >= 11 is 0. The molecule has 3 aromatic rings. The van der Waals surface area contributed by atoms with Gasteiger partial charge < -0.3 is 18.8 Å². The number of benzene rings is 2. The van der Waals surface area contributed by atoms with Crippen LogP contribution in [-0.4, -0.2) is 43.7 Å². The summed E-state index contributed by atoms with van der Waals surface area (Å²) in [7, 11) is 1.66. The number of carbonyl (C=O) groups is 1. The number of morpholine rings is 1. The quantitative estimate of drug-likeness (QED) is 0.722. The number of hydrogen-bond donors (Lipinski definition) is 0. The van der Waals surface area contributed by atoms with Crippen molar-refractivity contribution in [3.63, 3.8) is 0 Å². The molecule has 4 rings (SSSR count). The van der Waals surface area contributed by atoms with E-state index in [0.29, 0.717) is 25.5 Å². The minimum atomic E-state index is -0.0832. The first kappa shape index (κ1) is 16.7. The molecule has 1 saturated heterocycles. The largest absolute Gasteiger partial charge is 0.497 e. The summed E-state index contributed by atoms with van der Waals surface area (Å²) in [5.41, 5.74) is 1.87. The Hall–Kier alpha value is -2.79. The minimum Gasteiger partial charge on any atom is -0.497 e. The van der Waals surface area contributed by atoms with Crippen molar-refractivity contribution in [1.82, 2.24) is 4.90 Å². The van der Waals surface area contributed by atoms with Gasteiger partial charge in [0.15, 0.2) is 5.76 Å². The van der Waals surface area contributed by atoms with Crippen molar-refractivity contribution >= 4 is 16.9 Å². The molecule has 2 aromatic carbocycles. The van der Waals surface area contributed by atoms with E-state index in [1.54, 1.807) is 7.11 Å². The Bertz CT molecular complexity index is 884. The average molecular weight is 351 g/mol. The SMILES string of the molecule is COc1cccc(C[C@H]2CN(C(=O)c3cc4ccccc4o3)CCO2)c1. The fourth-order valence-corrected chi connectivity index (χ4v) is 3.33. The second kappa shape index (κ2) is 7.22. The summed E-state index contributed by atoms with van der Waals surface area (Å²) in [6, 6.07) is 17.4. The van der Waals surface area contributed by atoms with Gasteiger partial charge in [0.05, 0.1) is 19.8 Å². The molecule has 1 amide bonds. The van der Waals surface area contributed by atoms with Crippen LogP contribution in [0.2, 0.25) is 0 Å². The van der Waals surface area contributed by atoms with Crippen LogP contribution in [0, 0.1) is 0 Å². The number of rotatable bonds is 4. The summed E-state index contributed by atoms with van der Waals surface area (Å²) in [6.07, 6.45) is 0.699. The van der Waals surface area contributed by atoms with E-state index in [-0.39, 0.29) is 12.0 Å². The molecule has 5 heteroatoms. The highest BCUT2D eigenvalue weighted by Gasteiger charge is 2.27. The van der Waals surface area contributed by atoms with E-state index >= 15 is 0 Å². The first-order valence-corrected chi connectivity index (χ1v) is 8.75. The second-order valence-electron chi connectivity index (χ2n) is 6.45. The number of carbonyl (C=O) groups excluding carboxylic acids is 1. The van der Waals surface area contributed by atoms with E-state index in [9.17, 15) is 4.79 Å². The van der Waals surface area contributed by atoms with Crippen molar-refractivity contribution in [3.8, 4) is 5.75 Å². The van der Waals surface area contributed by atoms with Gasteiger partial charge in [-0.1, -0.05) is 30.3 Å². The Kier molecular flexibility index (Phi) is 4.63. The number of fused-ring (bicyclic) bond motifs is 1. The van der Waals surface area contributed by atoms with Gasteiger partial charge in [-0.2, -0.15) is 0 Å². The lowest BCUT2D eigenvalue weighted by Crippen LogP contribution is -2.46. The van der Waals surface area contributed by atoms with E-state index in [1.165, 1.54) is 0 Å². The monoisotopic (exact) mass is 351 g/mol. The first-order valence-electron chi connectivity index (χ1n) is 8.75. The van der Waals surface area contributed by atoms with Crippen LogP contribution >= 0.6 is 0 Å². The van der Waals surface area contributed by atoms with Gasteiger partial charge in [-0.25, -0.2) is 0 Å². The molecule has 0 N–H and O–H groups in total. The molecule has 1 aromatic heterocycles. The number of furan rings is 1. The molecule has 0 aliphatic carbocycles. The smallest absolute Gasteiger partial charge is 0.289 e. The number of para-hydroxylation sites is 1. The minimum absolute atomic E-state index is 0.0378. The van der Waals surface area contributed by atoms with Gasteiger partial charge in [0.25, 0.3) is 5.91 Å². The van der Waals surface area contributed by atoms with Gasteiger partial charge in [-0.3, -0.25) is 4.79 Å². The molecular formula is C21H21NO4. The molecule has 134 valence electrons. The van der Waals surface area contributed by atoms with Gasteiger partial charge in [-0.05, 0) is 29.8 Å². The topological polar surface area (TPSA) is 51.9 Å². The number of nitrogens with zero attached hydrogens (tertiary/aromatic N) is 1. The molecule has 0 radical (unpaired) electrons. The fraction of sp³-hybridized carbons (Fsp3) is 0.286. The van der Waals surface area contributed by atoms with Crippen LogP contribution < -0.4 is 4.74 Å². The summed E-state index contributed by atoms with van der Waals surface area (Å²) in [5, 5.41) is 0.942. The Morgan fingerprint density at radius 3 is 2.92 bits per heavy atom. The van der Waals surface area contributed by atoms with Crippen LogP contribution in [0.1, 0.15) is 16.1 Å². The summed E-state index contributed by atoms with van der Waals surface area (Å²) in [4.78, 5) is 14.6. The summed E-state index contributed by atoms with van der Waals surface area (Å²) in [6.45, 7) is 1.65. The third-order valence-corrected chi connectivity index (χ3v) is 4.66. The summed E-state index contributed by atoms with van der Waals surface area (Å²) < 4.78 is 16.9. The third-order valence-electron chi connectivity index (χ3n) is 4.66. The van der Waals surface area contributed by atoms with Crippen LogP contribution in [0.4, 0.5) is 0 Å². The molecule has 5 nitrogen and oxygen atoms in total. The van der Waals surface area contributed by atoms with Crippen LogP contribution in [0.3, 0.4) is 0 Å². The molecule has 1 aliphatic heterocycles. The lowest BCUT2D eigenvalue weighted by atomic mass is 10.1. The molecule has 1 aliphatic rings. The normalized spacial score (nSPS) is 17.4. The molecule has 1 fully saturated rings. The van der Waals surface area contributed by atoms with Crippen molar-refractivity contribution in [2.45, 2.75) is 12.5 Å². The number of methoxy groups -OCH3 is 1. The number of hydrogen-bond acceptors (Lipinski definition) is 4. The zero-order chi connectivity index (χ0) is 17.9. The number of ether oxygens (including phenoxy) is 2. The lowest BCUT2D eigenvalue weighted by Gasteiger charge is -2.32. The number of amides is 1. The predicted molar refractivity (Wildman–Crippen MR) is 98.6 cm³/mol. The molecule has 0 spiro atoms. The highest BCUT2D eigenvalue weighted by atomic mass is 16.5. The van der Waals surface area contributed by atoms with Crippen LogP contribution in [0.15, 0.2) is 59.0 Å². The maximum absolute atomic E-state index is 12.8. The van der Waals surface area contributed by atoms with Gasteiger partial charge >= 0.3 is 0 Å². The van der Waals surface area contributed by atoms with E-state index in [4.69, 9.17) is 13.9 Å². The van der Waals surface area contributed by atoms with Crippen molar-refractivity contribution in [2.75, 3.05) is 26.8 Å². The van der Waals surface area contributed by atoms with E-state index in [0.717, 1.165) is 28.7 Å². The van der Waals surface area contributed by atoms with Crippen molar-refractivity contribution < 1.29 is 18.7 Å². The zero-order valence-electron chi connectivity index (χ0n) is 14.7. The fourth-order valence-electron chi connectivity index (χ4n) is 3.33. The Balaban J connectivity index is 1.46. The van der Waals surface area contributed by atoms with E-state index in [1.807, 2.05) is 59.5 Å². The van der Waals surface area contributed by atoms with Crippen molar-refractivity contribution in [3.05, 3.63) is 65.9 Å². The van der Waals surface area contributed by atoms with Crippen molar-refractivity contribution in [1.29, 1.82) is 0 Å². The molecule has 0 unspecified atom stereocenters. The van der Waals surface area contributed by atoms with E-state index in [2.05, 4.69) is 0 Å². The summed E-state index contributed by atoms with van der Waals surface area (Å²) in [5.74, 6) is 1.13. The van der Waals surface area contributed by atoms with E-state index < -0.39 is 0 Å². The van der Waals surface area contributed by atoms with Crippen LogP contribution in [0.25, 0.3) is 11.0 Å². The van der Waals surface area contributed by atoms with Crippen LogP contribution in [-0.2, 0) is 11.2 Å². The molecule has 1 atom stereocenters. The van der Waals surface area contributed by atoms with Gasteiger partial charge in [-0.15, -0.1) is 0 Å². The molecular weight excluding hydrogens is 330 g/mol. The predicted octanol–water partition coefficient (Wildman–Crippen LogP) is 3.53. The third kappa shape index (κ3) is 3.44. The Labute approximate surface area is 152 Å². The Morgan fingerprint density at radius 1 is 1.19 bits per heavy atom. The molecule has 2 heterocycles. The molecule has 0 bridgehead atoms. The first-order chi connectivity index (χ1) is 12.7. The highest BCUT2D eigenvalue weighted by molar-refractivity contribution is 5.96. The second-order valence-corrected chi connectivity index (χ2v) is 6.45. The molecule has 26 heavy (non-hydrogen) atoms. The lowest BCUT2D eigenvalue weighted by molar-refractivity contribution is -0.0217. The van der Waals surface area contributed by atoms with Gasteiger partial charge in [0, 0.05) is 24.9 Å². The maximum atomic E-state index is 12.8. The van der Waals surface area contributed by atoms with Crippen molar-refractivity contribution in [2.24, 2.45) is 0 Å². The standard InChI is InChI=1S/C21H21NO4/c1-24-17-7-4-5-15(11-17)12-18-14-22(9-10-25-18)21(23)20-13-16-6-2-3-8-19(16)26-20/h2-8,11,13,18H,9-10,12,14H2,1H3/t18-/m0/s1. The van der Waals surface area contributed by atoms with Gasteiger partial charge in [0.2, 0.25) is 0 Å². The Morgan fingerprint density at radius 2 is 2.08 bits per heavy atom. The average Bonchev–Trinajstić information content (AvgIpc) is 3.12. The maximum Gasteiger partial charge on any atom is 0.289 e. The molecule has 0 saturated carbocycles. The van der Waals surface area contributed by atoms with Crippen LogP contribution in [0.5, 0.6) is 5.75 Å². The zero-order valence-corrected chi connectivity index (χ0v) is 14.7. The highest BCUT2D eigenvalue weighted by Crippen LogP contribution is 2.22.